The Kier molecular flexibility index (Phi) is 10.1. The second-order valence-electron chi connectivity index (χ2n) is 9.67. The number of nitrogens with zero attached hydrogens (tertiary/aromatic N) is 2. The van der Waals surface area contributed by atoms with E-state index in [1.165, 1.54) is 37.5 Å². The van der Waals surface area contributed by atoms with Crippen LogP contribution in [-0.4, -0.2) is 39.6 Å². The Morgan fingerprint density at radius 2 is 1.67 bits per heavy atom. The monoisotopic (exact) mass is 687 g/mol. The first-order valence-electron chi connectivity index (χ1n) is 13.4. The van der Waals surface area contributed by atoms with E-state index in [1.807, 2.05) is 0 Å². The number of benzene rings is 3. The summed E-state index contributed by atoms with van der Waals surface area (Å²) >= 11 is 19.7. The quantitative estimate of drug-likeness (QED) is 0.0679. The van der Waals surface area contributed by atoms with Crippen LogP contribution in [0.15, 0.2) is 73.1 Å². The van der Waals surface area contributed by atoms with Crippen molar-refractivity contribution in [1.29, 1.82) is 0 Å². The lowest BCUT2D eigenvalue weighted by molar-refractivity contribution is -0.140. The Hall–Kier alpha value is -3.96. The van der Waals surface area contributed by atoms with E-state index in [9.17, 15) is 14.4 Å². The molecule has 0 aliphatic heterocycles. The fourth-order valence-electron chi connectivity index (χ4n) is 4.52. The van der Waals surface area contributed by atoms with Gasteiger partial charge in [0.1, 0.15) is 11.5 Å². The van der Waals surface area contributed by atoms with Crippen LogP contribution in [0.1, 0.15) is 39.6 Å². The highest BCUT2D eigenvalue weighted by Crippen LogP contribution is 2.33. The number of nitrogens with one attached hydrogen (secondary N) is 1. The number of hydrogen-bond acceptors (Lipinski definition) is 7. The molecule has 0 unspecified atom stereocenters. The van der Waals surface area contributed by atoms with Crippen LogP contribution >= 0.6 is 46.8 Å². The molecule has 1 N–H and O–H groups in total. The third-order valence-corrected chi connectivity index (χ3v) is 8.40. The molecular weight excluding hydrogens is 667 g/mol. The van der Waals surface area contributed by atoms with E-state index < -0.39 is 34.9 Å². The minimum Gasteiger partial charge on any atom is -0.466 e. The van der Waals surface area contributed by atoms with Gasteiger partial charge in [-0.1, -0.05) is 64.9 Å². The second kappa shape index (κ2) is 14.0. The molecule has 0 amide bonds. The summed E-state index contributed by atoms with van der Waals surface area (Å²) in [4.78, 5) is 43.0. The molecule has 5 rings (SSSR count). The topological polar surface area (TPSA) is 90.3 Å². The molecule has 0 bridgehead atoms. The summed E-state index contributed by atoms with van der Waals surface area (Å²) in [5, 5.41) is 0.822. The largest absolute Gasteiger partial charge is 0.466 e. The average Bonchev–Trinajstić information content (AvgIpc) is 3.39. The summed E-state index contributed by atoms with van der Waals surface area (Å²) in [7, 11) is 0. The molecule has 0 fully saturated rings. The molecule has 230 valence electrons. The van der Waals surface area contributed by atoms with Crippen molar-refractivity contribution in [3.05, 3.63) is 116 Å². The summed E-state index contributed by atoms with van der Waals surface area (Å²) < 4.78 is 39.6. The highest BCUT2D eigenvalue weighted by molar-refractivity contribution is 8.00. The molecule has 0 aliphatic rings. The summed E-state index contributed by atoms with van der Waals surface area (Å²) in [6, 6.07) is 15.2. The summed E-state index contributed by atoms with van der Waals surface area (Å²) in [5.74, 6) is -3.88. The van der Waals surface area contributed by atoms with Crippen LogP contribution in [0.4, 0.5) is 14.5 Å². The maximum Gasteiger partial charge on any atom is 0.302 e. The first-order chi connectivity index (χ1) is 21.6. The average molecular weight is 689 g/mol. The number of esters is 1. The maximum absolute atomic E-state index is 15.7. The number of halogens is 5. The first kappa shape index (κ1) is 32.4. The number of carbonyl (C=O) groups excluding carboxylic acids is 3. The predicted molar refractivity (Wildman–Crippen MR) is 173 cm³/mol. The van der Waals surface area contributed by atoms with Gasteiger partial charge in [0, 0.05) is 41.0 Å². The fraction of sp³-hybridized carbons (Fsp3) is 0.125. The van der Waals surface area contributed by atoms with E-state index in [0.717, 1.165) is 22.6 Å². The van der Waals surface area contributed by atoms with E-state index in [-0.39, 0.29) is 44.5 Å². The minimum absolute atomic E-state index is 0.0328. The number of fused-ring (bicyclic) bond motifs is 1. The summed E-state index contributed by atoms with van der Waals surface area (Å²) in [6.45, 7) is 1.49. The highest BCUT2D eigenvalue weighted by Gasteiger charge is 2.28. The zero-order valence-electron chi connectivity index (χ0n) is 23.4. The zero-order chi connectivity index (χ0) is 32.2. The van der Waals surface area contributed by atoms with Gasteiger partial charge in [0.2, 0.25) is 5.78 Å². The van der Waals surface area contributed by atoms with Gasteiger partial charge in [-0.3, -0.25) is 19.0 Å². The minimum atomic E-state index is -1.12. The van der Waals surface area contributed by atoms with Gasteiger partial charge < -0.3 is 9.46 Å². The number of ether oxygens (including phenoxy) is 1. The molecule has 2 aromatic heterocycles. The molecule has 0 saturated carbocycles. The van der Waals surface area contributed by atoms with Crippen LogP contribution in [-0.2, 0) is 9.53 Å². The van der Waals surface area contributed by atoms with Crippen molar-refractivity contribution in [3.63, 3.8) is 0 Å². The van der Waals surface area contributed by atoms with Crippen LogP contribution in [0.25, 0.3) is 22.2 Å². The van der Waals surface area contributed by atoms with Crippen molar-refractivity contribution < 1.29 is 27.9 Å². The molecule has 5 aromatic rings. The van der Waals surface area contributed by atoms with E-state index in [1.54, 1.807) is 36.4 Å². The van der Waals surface area contributed by atoms with Gasteiger partial charge in [-0.15, -0.1) is 0 Å². The number of ketones is 1. The lowest BCUT2D eigenvalue weighted by Gasteiger charge is -2.11. The zero-order valence-corrected chi connectivity index (χ0v) is 26.5. The number of carbonyl (C=O) groups is 3. The molecule has 0 saturated heterocycles. The van der Waals surface area contributed by atoms with Crippen LogP contribution in [0.3, 0.4) is 0 Å². The van der Waals surface area contributed by atoms with Gasteiger partial charge in [-0.05, 0) is 54.4 Å². The lowest BCUT2D eigenvalue weighted by Crippen LogP contribution is -2.13. The van der Waals surface area contributed by atoms with Crippen LogP contribution < -0.4 is 4.72 Å². The van der Waals surface area contributed by atoms with Crippen molar-refractivity contribution in [3.8, 4) is 11.1 Å². The Morgan fingerprint density at radius 1 is 0.956 bits per heavy atom. The summed E-state index contributed by atoms with van der Waals surface area (Å²) in [6.07, 6.45) is 3.16. The Labute approximate surface area is 275 Å². The standard InChI is InChI=1S/C32H22Cl3F2N3O4S/c1-17(41)44-12-3-13-45-39-26-11-10-25(36)28(29(26)37)30(42)22-16-40(32(43)27-23(34)4-2-5-24(27)35)31-21(22)14-19(15-38-31)18-6-8-20(33)9-7-18/h2,4-11,14-16,39H,3,12-13H2,1H3. The molecule has 45 heavy (non-hydrogen) atoms. The van der Waals surface area contributed by atoms with Gasteiger partial charge in [-0.2, -0.15) is 0 Å². The highest BCUT2D eigenvalue weighted by atomic mass is 35.5. The lowest BCUT2D eigenvalue weighted by atomic mass is 10.00. The van der Waals surface area contributed by atoms with Crippen LogP contribution in [0.5, 0.6) is 0 Å². The molecule has 2 heterocycles. The van der Waals surface area contributed by atoms with Crippen molar-refractivity contribution in [2.24, 2.45) is 0 Å². The van der Waals surface area contributed by atoms with Crippen molar-refractivity contribution >= 4 is 81.1 Å². The molecule has 0 aliphatic carbocycles. The van der Waals surface area contributed by atoms with E-state index in [4.69, 9.17) is 39.5 Å². The Balaban J connectivity index is 1.58. The first-order valence-corrected chi connectivity index (χ1v) is 15.5. The molecule has 0 spiro atoms. The van der Waals surface area contributed by atoms with Gasteiger partial charge in [0.05, 0.1) is 39.0 Å². The molecular formula is C32H22Cl3F2N3O4S. The van der Waals surface area contributed by atoms with Gasteiger partial charge in [0.25, 0.3) is 5.91 Å². The number of aromatic nitrogens is 2. The number of pyridine rings is 1. The summed E-state index contributed by atoms with van der Waals surface area (Å²) in [5.41, 5.74) is 0.170. The van der Waals surface area contributed by atoms with Crippen LogP contribution in [0.2, 0.25) is 15.1 Å². The number of hydrogen-bond donors (Lipinski definition) is 1. The van der Waals surface area contributed by atoms with E-state index >= 15 is 8.78 Å². The van der Waals surface area contributed by atoms with Crippen molar-refractivity contribution in [2.45, 2.75) is 13.3 Å². The van der Waals surface area contributed by atoms with Gasteiger partial charge in [-0.25, -0.2) is 13.8 Å². The number of anilines is 1. The maximum atomic E-state index is 15.7. The van der Waals surface area contributed by atoms with Crippen molar-refractivity contribution in [1.82, 2.24) is 9.55 Å². The Bertz CT molecular complexity index is 1930. The third-order valence-electron chi connectivity index (χ3n) is 6.66. The molecule has 13 heteroatoms. The predicted octanol–water partition coefficient (Wildman–Crippen LogP) is 8.87. The SMILES string of the molecule is CC(=O)OCCCSNc1ccc(F)c(C(=O)c2cn(C(=O)c3c(Cl)cccc3Cl)c3ncc(-c4ccc(Cl)cc4)cc23)c1F. The molecule has 7 nitrogen and oxygen atoms in total. The van der Waals surface area contributed by atoms with Gasteiger partial charge in [0.15, 0.2) is 5.82 Å². The molecule has 0 atom stereocenters. The third kappa shape index (κ3) is 6.99. The second-order valence-corrected chi connectivity index (χ2v) is 11.8. The van der Waals surface area contributed by atoms with Crippen LogP contribution in [0, 0.1) is 11.6 Å². The van der Waals surface area contributed by atoms with E-state index in [2.05, 4.69) is 9.71 Å². The normalized spacial score (nSPS) is 11.1. The number of rotatable bonds is 10. The van der Waals surface area contributed by atoms with E-state index in [0.29, 0.717) is 28.3 Å². The molecule has 3 aromatic carbocycles. The molecule has 0 radical (unpaired) electrons. The fourth-order valence-corrected chi connectivity index (χ4v) is 5.88. The Morgan fingerprint density at radius 3 is 2.36 bits per heavy atom. The van der Waals surface area contributed by atoms with Crippen molar-refractivity contribution in [2.75, 3.05) is 17.1 Å². The smallest absolute Gasteiger partial charge is 0.302 e. The van der Waals surface area contributed by atoms with Gasteiger partial charge >= 0.3 is 5.97 Å².